The molecule has 0 bridgehead atoms. The van der Waals surface area contributed by atoms with Crippen LogP contribution >= 0.6 is 0 Å². The van der Waals surface area contributed by atoms with E-state index >= 15 is 0 Å². The van der Waals surface area contributed by atoms with Crippen LogP contribution in [-0.2, 0) is 0 Å². The second-order valence-electron chi connectivity index (χ2n) is 5.84. The summed E-state index contributed by atoms with van der Waals surface area (Å²) < 4.78 is 0. The van der Waals surface area contributed by atoms with Crippen LogP contribution in [0.25, 0.3) is 0 Å². The monoisotopic (exact) mass is 277 g/mol. The van der Waals surface area contributed by atoms with Crippen LogP contribution in [0.3, 0.4) is 0 Å². The Bertz CT molecular complexity index is 376. The number of hydrogen-bond donors (Lipinski definition) is 1. The molecule has 3 nitrogen and oxygen atoms in total. The number of rotatable bonds is 9. The molecule has 0 radical (unpaired) electrons. The van der Waals surface area contributed by atoms with Crippen LogP contribution in [0.1, 0.15) is 36.9 Å². The van der Waals surface area contributed by atoms with Crippen molar-refractivity contribution in [2.45, 2.75) is 32.7 Å². The van der Waals surface area contributed by atoms with Gasteiger partial charge in [0.25, 0.3) is 0 Å². The zero-order valence-corrected chi connectivity index (χ0v) is 13.6. The molecule has 0 spiro atoms. The normalized spacial score (nSPS) is 13.2. The highest BCUT2D eigenvalue weighted by Gasteiger charge is 2.10. The Kier molecular flexibility index (Phi) is 7.82. The summed E-state index contributed by atoms with van der Waals surface area (Å²) in [6, 6.07) is 8.60. The van der Waals surface area contributed by atoms with Gasteiger partial charge in [-0.3, -0.25) is 0 Å². The molecule has 0 saturated heterocycles. The Morgan fingerprint density at radius 1 is 1.10 bits per heavy atom. The predicted molar refractivity (Wildman–Crippen MR) is 88.0 cm³/mol. The number of nitrogens with zero attached hydrogens (tertiary/aromatic N) is 2. The van der Waals surface area contributed by atoms with E-state index in [9.17, 15) is 0 Å². The van der Waals surface area contributed by atoms with E-state index in [4.69, 9.17) is 5.73 Å². The first kappa shape index (κ1) is 17.2. The molecule has 0 saturated carbocycles. The van der Waals surface area contributed by atoms with E-state index in [1.54, 1.807) is 0 Å². The Hall–Kier alpha value is -0.900. The number of benzene rings is 1. The van der Waals surface area contributed by atoms with Crippen LogP contribution in [0, 0.1) is 6.92 Å². The van der Waals surface area contributed by atoms with E-state index < -0.39 is 0 Å². The zero-order valence-electron chi connectivity index (χ0n) is 13.6. The van der Waals surface area contributed by atoms with E-state index in [-0.39, 0.29) is 6.04 Å². The highest BCUT2D eigenvalue weighted by atomic mass is 15.1. The van der Waals surface area contributed by atoms with Crippen LogP contribution in [0.2, 0.25) is 0 Å². The molecule has 0 aliphatic carbocycles. The lowest BCUT2D eigenvalue weighted by molar-refractivity contribution is 0.257. The van der Waals surface area contributed by atoms with Crippen molar-refractivity contribution in [1.29, 1.82) is 0 Å². The molecule has 1 aromatic carbocycles. The molecule has 1 unspecified atom stereocenters. The SMILES string of the molecule is CCN(CCCN(C)C)CCC(N)c1ccccc1C. The fourth-order valence-corrected chi connectivity index (χ4v) is 2.52. The topological polar surface area (TPSA) is 32.5 Å². The number of hydrogen-bond acceptors (Lipinski definition) is 3. The second-order valence-corrected chi connectivity index (χ2v) is 5.84. The molecule has 114 valence electrons. The van der Waals surface area contributed by atoms with Gasteiger partial charge >= 0.3 is 0 Å². The maximum absolute atomic E-state index is 6.34. The number of nitrogens with two attached hydrogens (primary N) is 1. The summed E-state index contributed by atoms with van der Waals surface area (Å²) in [5.41, 5.74) is 8.93. The van der Waals surface area contributed by atoms with E-state index in [1.807, 2.05) is 0 Å². The summed E-state index contributed by atoms with van der Waals surface area (Å²) in [5.74, 6) is 0. The second kappa shape index (κ2) is 9.11. The van der Waals surface area contributed by atoms with Crippen LogP contribution < -0.4 is 5.73 Å². The van der Waals surface area contributed by atoms with Gasteiger partial charge in [-0.05, 0) is 71.2 Å². The quantitative estimate of drug-likeness (QED) is 0.753. The van der Waals surface area contributed by atoms with E-state index in [1.165, 1.54) is 17.5 Å². The third kappa shape index (κ3) is 6.04. The molecular formula is C17H31N3. The van der Waals surface area contributed by atoms with Gasteiger partial charge in [0.2, 0.25) is 0 Å². The fourth-order valence-electron chi connectivity index (χ4n) is 2.52. The third-order valence-corrected chi connectivity index (χ3v) is 3.87. The zero-order chi connectivity index (χ0) is 15.0. The summed E-state index contributed by atoms with van der Waals surface area (Å²) in [7, 11) is 4.26. The first-order valence-corrected chi connectivity index (χ1v) is 7.72. The Balaban J connectivity index is 2.38. The van der Waals surface area contributed by atoms with Gasteiger partial charge in [-0.2, -0.15) is 0 Å². The van der Waals surface area contributed by atoms with Crippen LogP contribution in [-0.4, -0.2) is 50.1 Å². The molecule has 0 fully saturated rings. The summed E-state index contributed by atoms with van der Waals surface area (Å²) in [5, 5.41) is 0. The summed E-state index contributed by atoms with van der Waals surface area (Å²) in [6.45, 7) is 8.88. The average molecular weight is 277 g/mol. The average Bonchev–Trinajstić information content (AvgIpc) is 2.42. The van der Waals surface area contributed by atoms with Crippen LogP contribution in [0.15, 0.2) is 24.3 Å². The highest BCUT2D eigenvalue weighted by molar-refractivity contribution is 5.28. The first-order chi connectivity index (χ1) is 9.54. The lowest BCUT2D eigenvalue weighted by Crippen LogP contribution is -2.30. The summed E-state index contributed by atoms with van der Waals surface area (Å²) >= 11 is 0. The van der Waals surface area contributed by atoms with Crippen molar-refractivity contribution in [3.8, 4) is 0 Å². The van der Waals surface area contributed by atoms with E-state index in [2.05, 4.69) is 62.0 Å². The predicted octanol–water partition coefficient (Wildman–Crippen LogP) is 2.66. The molecule has 2 N–H and O–H groups in total. The maximum Gasteiger partial charge on any atom is 0.0309 e. The van der Waals surface area contributed by atoms with Crippen LogP contribution in [0.4, 0.5) is 0 Å². The standard InChI is InChI=1S/C17H31N3/c1-5-20(13-8-12-19(3)4)14-11-17(18)16-10-7-6-9-15(16)2/h6-7,9-10,17H,5,8,11-14,18H2,1-4H3. The maximum atomic E-state index is 6.34. The Morgan fingerprint density at radius 2 is 1.80 bits per heavy atom. The van der Waals surface area contributed by atoms with Gasteiger partial charge in [-0.15, -0.1) is 0 Å². The van der Waals surface area contributed by atoms with E-state index in [0.717, 1.165) is 32.6 Å². The molecule has 3 heteroatoms. The third-order valence-electron chi connectivity index (χ3n) is 3.87. The summed E-state index contributed by atoms with van der Waals surface area (Å²) in [4.78, 5) is 4.74. The smallest absolute Gasteiger partial charge is 0.0309 e. The van der Waals surface area contributed by atoms with E-state index in [0.29, 0.717) is 0 Å². The summed E-state index contributed by atoms with van der Waals surface area (Å²) in [6.07, 6.45) is 2.25. The van der Waals surface area contributed by atoms with Gasteiger partial charge in [0.1, 0.15) is 0 Å². The molecule has 1 atom stereocenters. The molecule has 20 heavy (non-hydrogen) atoms. The highest BCUT2D eigenvalue weighted by Crippen LogP contribution is 2.18. The molecule has 0 amide bonds. The van der Waals surface area contributed by atoms with Gasteiger partial charge in [-0.1, -0.05) is 31.2 Å². The minimum atomic E-state index is 0.152. The van der Waals surface area contributed by atoms with Crippen molar-refractivity contribution >= 4 is 0 Å². The molecule has 0 aliphatic heterocycles. The van der Waals surface area contributed by atoms with Crippen molar-refractivity contribution in [1.82, 2.24) is 9.80 Å². The lowest BCUT2D eigenvalue weighted by Gasteiger charge is -2.23. The molecule has 0 aliphatic rings. The molecule has 0 aromatic heterocycles. The Labute approximate surface area is 124 Å². The Morgan fingerprint density at radius 3 is 2.40 bits per heavy atom. The van der Waals surface area contributed by atoms with Crippen LogP contribution in [0.5, 0.6) is 0 Å². The minimum absolute atomic E-state index is 0.152. The largest absolute Gasteiger partial charge is 0.324 e. The molecular weight excluding hydrogens is 246 g/mol. The number of aryl methyl sites for hydroxylation is 1. The minimum Gasteiger partial charge on any atom is -0.324 e. The lowest BCUT2D eigenvalue weighted by atomic mass is 9.99. The fraction of sp³-hybridized carbons (Fsp3) is 0.647. The van der Waals surface area contributed by atoms with Crippen molar-refractivity contribution in [3.63, 3.8) is 0 Å². The van der Waals surface area contributed by atoms with Crippen molar-refractivity contribution < 1.29 is 0 Å². The first-order valence-electron chi connectivity index (χ1n) is 7.72. The van der Waals surface area contributed by atoms with Crippen molar-refractivity contribution in [2.24, 2.45) is 5.73 Å². The molecule has 1 aromatic rings. The molecule has 0 heterocycles. The van der Waals surface area contributed by atoms with Gasteiger partial charge in [0.05, 0.1) is 0 Å². The van der Waals surface area contributed by atoms with Crippen molar-refractivity contribution in [3.05, 3.63) is 35.4 Å². The van der Waals surface area contributed by atoms with Crippen molar-refractivity contribution in [2.75, 3.05) is 40.3 Å². The molecule has 1 rings (SSSR count). The van der Waals surface area contributed by atoms with Gasteiger partial charge in [0, 0.05) is 6.04 Å². The van der Waals surface area contributed by atoms with Gasteiger partial charge < -0.3 is 15.5 Å². The van der Waals surface area contributed by atoms with Gasteiger partial charge in [-0.25, -0.2) is 0 Å². The van der Waals surface area contributed by atoms with Gasteiger partial charge in [0.15, 0.2) is 0 Å².